The van der Waals surface area contributed by atoms with E-state index in [1.807, 2.05) is 59.3 Å². The van der Waals surface area contributed by atoms with Crippen LogP contribution < -0.4 is 0 Å². The van der Waals surface area contributed by atoms with E-state index in [1.165, 1.54) is 0 Å². The molecule has 3 nitrogen and oxygen atoms in total. The van der Waals surface area contributed by atoms with Gasteiger partial charge in [0, 0.05) is 11.8 Å². The SMILES string of the molecule is Oc1ccccc1Cn1cc(-c2ccccc2)[nH]c1=S. The molecule has 0 radical (unpaired) electrons. The summed E-state index contributed by atoms with van der Waals surface area (Å²) in [5, 5.41) is 9.83. The van der Waals surface area contributed by atoms with Crippen LogP contribution in [0, 0.1) is 4.77 Å². The number of hydrogen-bond acceptors (Lipinski definition) is 2. The quantitative estimate of drug-likeness (QED) is 0.714. The summed E-state index contributed by atoms with van der Waals surface area (Å²) < 4.78 is 2.57. The van der Waals surface area contributed by atoms with Gasteiger partial charge in [0.25, 0.3) is 0 Å². The Kier molecular flexibility index (Phi) is 3.39. The molecule has 0 spiro atoms. The lowest BCUT2D eigenvalue weighted by atomic mass is 10.2. The number of aromatic hydroxyl groups is 1. The number of rotatable bonds is 3. The number of nitrogens with one attached hydrogen (secondary N) is 1. The third kappa shape index (κ3) is 2.51. The van der Waals surface area contributed by atoms with Crippen molar-refractivity contribution in [3.63, 3.8) is 0 Å². The van der Waals surface area contributed by atoms with Crippen LogP contribution in [0.25, 0.3) is 11.3 Å². The predicted molar refractivity (Wildman–Crippen MR) is 82.3 cm³/mol. The molecule has 0 saturated carbocycles. The van der Waals surface area contributed by atoms with Crippen LogP contribution in [0.2, 0.25) is 0 Å². The molecule has 0 aliphatic carbocycles. The summed E-state index contributed by atoms with van der Waals surface area (Å²) in [5.74, 6) is 0.289. The van der Waals surface area contributed by atoms with Crippen molar-refractivity contribution in [3.05, 3.63) is 71.1 Å². The molecular formula is C16H14N2OS. The van der Waals surface area contributed by atoms with Crippen LogP contribution in [0.1, 0.15) is 5.56 Å². The van der Waals surface area contributed by atoms with Crippen LogP contribution in [0.15, 0.2) is 60.8 Å². The molecule has 20 heavy (non-hydrogen) atoms. The molecule has 0 saturated heterocycles. The number of H-pyrrole nitrogens is 1. The molecule has 4 heteroatoms. The maximum absolute atomic E-state index is 9.83. The molecule has 0 atom stereocenters. The summed E-state index contributed by atoms with van der Waals surface area (Å²) in [7, 11) is 0. The van der Waals surface area contributed by atoms with Crippen LogP contribution >= 0.6 is 12.2 Å². The lowest BCUT2D eigenvalue weighted by Crippen LogP contribution is -1.98. The van der Waals surface area contributed by atoms with E-state index in [2.05, 4.69) is 4.98 Å². The Morgan fingerprint density at radius 2 is 1.70 bits per heavy atom. The Morgan fingerprint density at radius 3 is 2.45 bits per heavy atom. The van der Waals surface area contributed by atoms with Gasteiger partial charge >= 0.3 is 0 Å². The zero-order chi connectivity index (χ0) is 13.9. The van der Waals surface area contributed by atoms with Gasteiger partial charge in [0.05, 0.1) is 12.2 Å². The summed E-state index contributed by atoms with van der Waals surface area (Å²) in [6, 6.07) is 17.3. The number of imidazole rings is 1. The summed E-state index contributed by atoms with van der Waals surface area (Å²) in [6.07, 6.45) is 1.98. The third-order valence-electron chi connectivity index (χ3n) is 3.20. The van der Waals surface area contributed by atoms with E-state index in [-0.39, 0.29) is 5.75 Å². The Hall–Kier alpha value is -2.33. The highest BCUT2D eigenvalue weighted by Gasteiger charge is 2.05. The molecule has 1 heterocycles. The Labute approximate surface area is 122 Å². The second kappa shape index (κ2) is 5.35. The Morgan fingerprint density at radius 1 is 1.00 bits per heavy atom. The first kappa shape index (κ1) is 12.7. The number of nitrogens with zero attached hydrogens (tertiary/aromatic N) is 1. The van der Waals surface area contributed by atoms with Crippen molar-refractivity contribution in [1.29, 1.82) is 0 Å². The van der Waals surface area contributed by atoms with Gasteiger partial charge in [0.1, 0.15) is 5.75 Å². The third-order valence-corrected chi connectivity index (χ3v) is 3.54. The van der Waals surface area contributed by atoms with Crippen molar-refractivity contribution in [2.45, 2.75) is 6.54 Å². The van der Waals surface area contributed by atoms with Crippen LogP contribution in [0.5, 0.6) is 5.75 Å². The summed E-state index contributed by atoms with van der Waals surface area (Å²) >= 11 is 5.34. The minimum atomic E-state index is 0.289. The van der Waals surface area contributed by atoms with E-state index in [0.29, 0.717) is 11.3 Å². The number of aromatic amines is 1. The zero-order valence-corrected chi connectivity index (χ0v) is 11.6. The normalized spacial score (nSPS) is 10.6. The minimum Gasteiger partial charge on any atom is -0.508 e. The Balaban J connectivity index is 1.95. The van der Waals surface area contributed by atoms with Gasteiger partial charge < -0.3 is 14.7 Å². The standard InChI is InChI=1S/C16H14N2OS/c19-15-9-5-4-8-13(15)10-18-11-14(17-16(18)20)12-6-2-1-3-7-12/h1-9,11,19H,10H2,(H,17,20). The lowest BCUT2D eigenvalue weighted by molar-refractivity contribution is 0.465. The fourth-order valence-corrected chi connectivity index (χ4v) is 2.37. The first-order valence-electron chi connectivity index (χ1n) is 6.36. The molecule has 0 aliphatic rings. The Bertz CT molecular complexity index is 774. The number of phenols is 1. The molecule has 0 unspecified atom stereocenters. The summed E-state index contributed by atoms with van der Waals surface area (Å²) in [4.78, 5) is 3.20. The number of hydrogen-bond donors (Lipinski definition) is 2. The minimum absolute atomic E-state index is 0.289. The van der Waals surface area contributed by atoms with Gasteiger partial charge in [-0.3, -0.25) is 0 Å². The van der Waals surface area contributed by atoms with E-state index in [4.69, 9.17) is 12.2 Å². The molecule has 0 fully saturated rings. The van der Waals surface area contributed by atoms with E-state index < -0.39 is 0 Å². The van der Waals surface area contributed by atoms with Crippen LogP contribution in [0.3, 0.4) is 0 Å². The molecular weight excluding hydrogens is 268 g/mol. The van der Waals surface area contributed by atoms with E-state index in [9.17, 15) is 5.11 Å². The maximum Gasteiger partial charge on any atom is 0.177 e. The number of phenolic OH excluding ortho intramolecular Hbond substituents is 1. The van der Waals surface area contributed by atoms with Gasteiger partial charge in [-0.05, 0) is 23.8 Å². The number of aromatic nitrogens is 2. The predicted octanol–water partition coefficient (Wildman–Crippen LogP) is 3.97. The molecule has 0 aliphatic heterocycles. The monoisotopic (exact) mass is 282 g/mol. The smallest absolute Gasteiger partial charge is 0.177 e. The van der Waals surface area contributed by atoms with Crippen molar-refractivity contribution >= 4 is 12.2 Å². The van der Waals surface area contributed by atoms with Gasteiger partial charge in [-0.15, -0.1) is 0 Å². The van der Waals surface area contributed by atoms with Crippen molar-refractivity contribution < 1.29 is 5.11 Å². The van der Waals surface area contributed by atoms with Crippen molar-refractivity contribution in [2.75, 3.05) is 0 Å². The van der Waals surface area contributed by atoms with Gasteiger partial charge in [0.15, 0.2) is 4.77 Å². The fraction of sp³-hybridized carbons (Fsp3) is 0.0625. The molecule has 3 rings (SSSR count). The first-order valence-corrected chi connectivity index (χ1v) is 6.76. The van der Waals surface area contributed by atoms with E-state index >= 15 is 0 Å². The second-order valence-electron chi connectivity index (χ2n) is 4.60. The van der Waals surface area contributed by atoms with Crippen molar-refractivity contribution in [3.8, 4) is 17.0 Å². The second-order valence-corrected chi connectivity index (χ2v) is 4.98. The lowest BCUT2D eigenvalue weighted by Gasteiger charge is -2.04. The molecule has 3 aromatic rings. The first-order chi connectivity index (χ1) is 9.74. The average Bonchev–Trinajstić information content (AvgIpc) is 2.84. The van der Waals surface area contributed by atoms with E-state index in [1.54, 1.807) is 6.07 Å². The van der Waals surface area contributed by atoms with Crippen LogP contribution in [0.4, 0.5) is 0 Å². The molecule has 0 bridgehead atoms. The fourth-order valence-electron chi connectivity index (χ4n) is 2.14. The molecule has 0 amide bonds. The largest absolute Gasteiger partial charge is 0.508 e. The van der Waals surface area contributed by atoms with E-state index in [0.717, 1.165) is 16.8 Å². The van der Waals surface area contributed by atoms with Gasteiger partial charge in [-0.2, -0.15) is 0 Å². The van der Waals surface area contributed by atoms with Crippen molar-refractivity contribution in [2.24, 2.45) is 0 Å². The molecule has 2 N–H and O–H groups in total. The average molecular weight is 282 g/mol. The number of para-hydroxylation sites is 1. The van der Waals surface area contributed by atoms with Crippen LogP contribution in [-0.2, 0) is 6.54 Å². The molecule has 100 valence electrons. The van der Waals surface area contributed by atoms with Gasteiger partial charge in [-0.1, -0.05) is 48.5 Å². The summed E-state index contributed by atoms with van der Waals surface area (Å²) in [5.41, 5.74) is 2.92. The zero-order valence-electron chi connectivity index (χ0n) is 10.8. The summed E-state index contributed by atoms with van der Waals surface area (Å²) in [6.45, 7) is 0.550. The van der Waals surface area contributed by atoms with Gasteiger partial charge in [-0.25, -0.2) is 0 Å². The highest BCUT2D eigenvalue weighted by atomic mass is 32.1. The maximum atomic E-state index is 9.83. The highest BCUT2D eigenvalue weighted by molar-refractivity contribution is 7.71. The molecule has 1 aromatic heterocycles. The van der Waals surface area contributed by atoms with Crippen molar-refractivity contribution in [1.82, 2.24) is 9.55 Å². The topological polar surface area (TPSA) is 41.0 Å². The highest BCUT2D eigenvalue weighted by Crippen LogP contribution is 2.20. The number of benzene rings is 2. The molecule has 2 aromatic carbocycles. The van der Waals surface area contributed by atoms with Gasteiger partial charge in [0.2, 0.25) is 0 Å². The van der Waals surface area contributed by atoms with Crippen LogP contribution in [-0.4, -0.2) is 14.7 Å².